The Labute approximate surface area is 79.2 Å². The summed E-state index contributed by atoms with van der Waals surface area (Å²) in [4.78, 5) is 10.4. The van der Waals surface area contributed by atoms with E-state index in [9.17, 15) is 4.79 Å². The van der Waals surface area contributed by atoms with Gasteiger partial charge in [0.05, 0.1) is 6.42 Å². The third-order valence-corrected chi connectivity index (χ3v) is 2.04. The Morgan fingerprint density at radius 1 is 1.62 bits per heavy atom. The maximum Gasteiger partial charge on any atom is 0.307 e. The third-order valence-electron chi connectivity index (χ3n) is 1.65. The van der Waals surface area contributed by atoms with Crippen molar-refractivity contribution < 1.29 is 9.90 Å². The lowest BCUT2D eigenvalue weighted by atomic mass is 10.1. The van der Waals surface area contributed by atoms with Crippen molar-refractivity contribution in [3.05, 3.63) is 34.8 Å². The quantitative estimate of drug-likeness (QED) is 0.657. The molecule has 0 aromatic carbocycles. The van der Waals surface area contributed by atoms with E-state index < -0.39 is 5.97 Å². The molecule has 0 spiro atoms. The summed E-state index contributed by atoms with van der Waals surface area (Å²) in [6.45, 7) is 0. The second-order valence-electron chi connectivity index (χ2n) is 2.95. The van der Waals surface area contributed by atoms with E-state index in [1.807, 2.05) is 6.08 Å². The van der Waals surface area contributed by atoms with Crippen LogP contribution in [0.1, 0.15) is 12.8 Å². The Morgan fingerprint density at radius 2 is 2.31 bits per heavy atom. The number of aliphatic carboxylic acids is 1. The van der Waals surface area contributed by atoms with Gasteiger partial charge in [-0.1, -0.05) is 12.2 Å². The Morgan fingerprint density at radius 3 is 2.92 bits per heavy atom. The summed E-state index contributed by atoms with van der Waals surface area (Å²) in [5.41, 5.74) is 7.10. The van der Waals surface area contributed by atoms with Crippen LogP contribution in [-0.2, 0) is 4.79 Å². The Kier molecular flexibility index (Phi) is 3.26. The third kappa shape index (κ3) is 3.43. The number of carbonyl (C=O) groups is 1. The van der Waals surface area contributed by atoms with Crippen LogP contribution in [0.2, 0.25) is 0 Å². The van der Waals surface area contributed by atoms with Crippen molar-refractivity contribution >= 4 is 15.2 Å². The van der Waals surface area contributed by atoms with Crippen molar-refractivity contribution in [3.63, 3.8) is 0 Å². The lowest BCUT2D eigenvalue weighted by Gasteiger charge is -1.98. The molecule has 0 saturated heterocycles. The molecule has 1 unspecified atom stereocenters. The summed E-state index contributed by atoms with van der Waals surface area (Å²) < 4.78 is 0. The molecule has 0 bridgehead atoms. The first-order valence-electron chi connectivity index (χ1n) is 3.91. The molecule has 1 atom stereocenters. The number of hydrogen-bond donors (Lipinski definition) is 2. The summed E-state index contributed by atoms with van der Waals surface area (Å²) in [7, 11) is 2.57. The van der Waals surface area contributed by atoms with Gasteiger partial charge in [-0.15, -0.1) is 9.24 Å². The molecule has 0 heterocycles. The number of allylic oxidation sites excluding steroid dienone is 4. The fourth-order valence-corrected chi connectivity index (χ4v) is 1.46. The van der Waals surface area contributed by atoms with E-state index in [1.54, 1.807) is 12.2 Å². The first-order chi connectivity index (χ1) is 6.08. The normalized spacial score (nSPS) is 16.8. The lowest BCUT2D eigenvalue weighted by molar-refractivity contribution is -0.136. The summed E-state index contributed by atoms with van der Waals surface area (Å²) in [5.74, 6) is -0.837. The van der Waals surface area contributed by atoms with Crippen LogP contribution in [0.25, 0.3) is 0 Å². The van der Waals surface area contributed by atoms with Crippen LogP contribution in [0, 0.1) is 0 Å². The Balaban J connectivity index is 2.83. The molecule has 0 aliphatic heterocycles. The second kappa shape index (κ2) is 4.24. The predicted molar refractivity (Wildman–Crippen MR) is 55.0 cm³/mol. The molecular weight excluding hydrogens is 185 g/mol. The van der Waals surface area contributed by atoms with Crippen LogP contribution < -0.4 is 5.73 Å². The maximum absolute atomic E-state index is 10.4. The van der Waals surface area contributed by atoms with Crippen LogP contribution in [0.4, 0.5) is 0 Å². The molecule has 3 nitrogen and oxygen atoms in total. The van der Waals surface area contributed by atoms with Gasteiger partial charge in [0.1, 0.15) is 0 Å². The summed E-state index contributed by atoms with van der Waals surface area (Å²) in [6, 6.07) is 0. The zero-order chi connectivity index (χ0) is 9.84. The first-order valence-corrected chi connectivity index (χ1v) is 4.48. The average Bonchev–Trinajstić information content (AvgIpc) is 2.11. The SMILES string of the molecule is NC1=CC(CC(=O)O)=CC=C(P)C1. The van der Waals surface area contributed by atoms with E-state index in [0.717, 1.165) is 10.9 Å². The summed E-state index contributed by atoms with van der Waals surface area (Å²) in [5, 5.41) is 9.64. The van der Waals surface area contributed by atoms with E-state index in [-0.39, 0.29) is 6.42 Å². The molecule has 1 aliphatic rings. The standard InChI is InChI=1S/C9H12NO2P/c10-7-3-6(4-9(11)12)1-2-8(13)5-7/h1-3H,4-5,10,13H2,(H,11,12). The molecule has 0 radical (unpaired) electrons. The summed E-state index contributed by atoms with van der Waals surface area (Å²) >= 11 is 0. The van der Waals surface area contributed by atoms with E-state index >= 15 is 0 Å². The van der Waals surface area contributed by atoms with Gasteiger partial charge in [0.2, 0.25) is 0 Å². The molecule has 3 N–H and O–H groups in total. The van der Waals surface area contributed by atoms with Crippen molar-refractivity contribution in [1.82, 2.24) is 0 Å². The van der Waals surface area contributed by atoms with Crippen LogP contribution in [0.3, 0.4) is 0 Å². The van der Waals surface area contributed by atoms with E-state index in [1.165, 1.54) is 0 Å². The highest BCUT2D eigenvalue weighted by atomic mass is 31.0. The van der Waals surface area contributed by atoms with Gasteiger partial charge in [-0.05, 0) is 17.0 Å². The van der Waals surface area contributed by atoms with Crippen LogP contribution in [-0.4, -0.2) is 11.1 Å². The van der Waals surface area contributed by atoms with Crippen molar-refractivity contribution in [3.8, 4) is 0 Å². The van der Waals surface area contributed by atoms with Crippen LogP contribution in [0.15, 0.2) is 34.8 Å². The largest absolute Gasteiger partial charge is 0.481 e. The van der Waals surface area contributed by atoms with Crippen molar-refractivity contribution in [2.75, 3.05) is 0 Å². The molecule has 1 aliphatic carbocycles. The minimum atomic E-state index is -0.837. The Hall–Kier alpha value is -1.08. The van der Waals surface area contributed by atoms with Crippen LogP contribution >= 0.6 is 9.24 Å². The van der Waals surface area contributed by atoms with Crippen molar-refractivity contribution in [2.45, 2.75) is 12.8 Å². The van der Waals surface area contributed by atoms with Gasteiger partial charge in [-0.3, -0.25) is 4.79 Å². The van der Waals surface area contributed by atoms with Crippen molar-refractivity contribution in [1.29, 1.82) is 0 Å². The molecule has 1 rings (SSSR count). The molecule has 0 amide bonds. The highest BCUT2D eigenvalue weighted by Crippen LogP contribution is 2.20. The zero-order valence-electron chi connectivity index (χ0n) is 7.16. The summed E-state index contributed by atoms with van der Waals surface area (Å²) in [6.07, 6.45) is 6.09. The van der Waals surface area contributed by atoms with Crippen molar-refractivity contribution in [2.24, 2.45) is 5.73 Å². The molecule has 0 aromatic rings. The number of hydrogen-bond acceptors (Lipinski definition) is 2. The van der Waals surface area contributed by atoms with E-state index in [2.05, 4.69) is 9.24 Å². The Bertz CT molecular complexity index is 316. The van der Waals surface area contributed by atoms with Gasteiger partial charge < -0.3 is 10.8 Å². The highest BCUT2D eigenvalue weighted by Gasteiger charge is 2.04. The molecule has 0 fully saturated rings. The van der Waals surface area contributed by atoms with E-state index in [0.29, 0.717) is 12.1 Å². The predicted octanol–water partition coefficient (Wildman–Crippen LogP) is 1.39. The molecule has 70 valence electrons. The van der Waals surface area contributed by atoms with Gasteiger partial charge in [0, 0.05) is 12.1 Å². The monoisotopic (exact) mass is 197 g/mol. The minimum absolute atomic E-state index is 0.0230. The first kappa shape index (κ1) is 10.0. The number of carboxylic acids is 1. The molecule has 0 aromatic heterocycles. The fraction of sp³-hybridized carbons (Fsp3) is 0.222. The lowest BCUT2D eigenvalue weighted by Crippen LogP contribution is -1.99. The average molecular weight is 197 g/mol. The number of carboxylic acid groups (broad SMARTS) is 1. The zero-order valence-corrected chi connectivity index (χ0v) is 8.31. The van der Waals surface area contributed by atoms with Gasteiger partial charge in [-0.25, -0.2) is 0 Å². The molecule has 4 heteroatoms. The number of rotatable bonds is 2. The molecular formula is C9H12NO2P. The smallest absolute Gasteiger partial charge is 0.307 e. The van der Waals surface area contributed by atoms with Crippen LogP contribution in [0.5, 0.6) is 0 Å². The maximum atomic E-state index is 10.4. The highest BCUT2D eigenvalue weighted by molar-refractivity contribution is 7.22. The van der Waals surface area contributed by atoms with Gasteiger partial charge in [0.15, 0.2) is 0 Å². The molecule has 0 saturated carbocycles. The minimum Gasteiger partial charge on any atom is -0.481 e. The van der Waals surface area contributed by atoms with Gasteiger partial charge in [0.25, 0.3) is 0 Å². The number of nitrogens with two attached hydrogens (primary N) is 1. The topological polar surface area (TPSA) is 63.3 Å². The molecule has 13 heavy (non-hydrogen) atoms. The van der Waals surface area contributed by atoms with Gasteiger partial charge in [-0.2, -0.15) is 0 Å². The fourth-order valence-electron chi connectivity index (χ4n) is 1.13. The van der Waals surface area contributed by atoms with Gasteiger partial charge >= 0.3 is 5.97 Å². The second-order valence-corrected chi connectivity index (χ2v) is 3.69. The van der Waals surface area contributed by atoms with E-state index in [4.69, 9.17) is 10.8 Å².